The van der Waals surface area contributed by atoms with Gasteiger partial charge in [-0.2, -0.15) is 0 Å². The van der Waals surface area contributed by atoms with Crippen molar-refractivity contribution in [3.8, 4) is 5.75 Å². The fourth-order valence-electron chi connectivity index (χ4n) is 2.25. The van der Waals surface area contributed by atoms with Crippen LogP contribution in [0.5, 0.6) is 5.75 Å². The van der Waals surface area contributed by atoms with E-state index in [0.29, 0.717) is 6.42 Å². The standard InChI is InChI=1S/C18H23NO2/c1-13-3-7-16(8-4-13)18(14(2)19)21-17-9-5-15(6-10-17)11-12-20/h3-10,14,18,20H,11-12,19H2,1-2H3. The van der Waals surface area contributed by atoms with Crippen molar-refractivity contribution in [1.82, 2.24) is 0 Å². The number of rotatable bonds is 6. The SMILES string of the molecule is Cc1ccc(C(Oc2ccc(CCO)cc2)C(C)N)cc1. The zero-order valence-electron chi connectivity index (χ0n) is 12.6. The van der Waals surface area contributed by atoms with Gasteiger partial charge in [0.25, 0.3) is 0 Å². The van der Waals surface area contributed by atoms with Crippen LogP contribution in [0.25, 0.3) is 0 Å². The van der Waals surface area contributed by atoms with E-state index >= 15 is 0 Å². The second-order valence-corrected chi connectivity index (χ2v) is 5.43. The van der Waals surface area contributed by atoms with Crippen LogP contribution < -0.4 is 10.5 Å². The van der Waals surface area contributed by atoms with Gasteiger partial charge in [0.15, 0.2) is 0 Å². The van der Waals surface area contributed by atoms with E-state index in [0.717, 1.165) is 16.9 Å². The number of aryl methyl sites for hydroxylation is 1. The van der Waals surface area contributed by atoms with Gasteiger partial charge in [-0.15, -0.1) is 0 Å². The average molecular weight is 285 g/mol. The topological polar surface area (TPSA) is 55.5 Å². The Kier molecular flexibility index (Phi) is 5.37. The first-order chi connectivity index (χ1) is 10.1. The third-order valence-corrected chi connectivity index (χ3v) is 3.47. The summed E-state index contributed by atoms with van der Waals surface area (Å²) in [4.78, 5) is 0. The van der Waals surface area contributed by atoms with E-state index in [1.165, 1.54) is 5.56 Å². The summed E-state index contributed by atoms with van der Waals surface area (Å²) in [6.45, 7) is 4.17. The van der Waals surface area contributed by atoms with Crippen molar-refractivity contribution in [1.29, 1.82) is 0 Å². The highest BCUT2D eigenvalue weighted by atomic mass is 16.5. The van der Waals surface area contributed by atoms with Crippen molar-refractivity contribution >= 4 is 0 Å². The minimum absolute atomic E-state index is 0.107. The van der Waals surface area contributed by atoms with E-state index < -0.39 is 0 Å². The molecule has 3 nitrogen and oxygen atoms in total. The lowest BCUT2D eigenvalue weighted by Gasteiger charge is -2.23. The van der Waals surface area contributed by atoms with Gasteiger partial charge in [0.2, 0.25) is 0 Å². The molecule has 0 spiro atoms. The molecule has 2 aromatic rings. The van der Waals surface area contributed by atoms with Crippen LogP contribution in [0.2, 0.25) is 0 Å². The van der Waals surface area contributed by atoms with Gasteiger partial charge in [-0.3, -0.25) is 0 Å². The number of aliphatic hydroxyl groups excluding tert-OH is 1. The Hall–Kier alpha value is -1.84. The van der Waals surface area contributed by atoms with Gasteiger partial charge >= 0.3 is 0 Å². The average Bonchev–Trinajstić information content (AvgIpc) is 2.47. The Morgan fingerprint density at radius 2 is 1.67 bits per heavy atom. The fourth-order valence-corrected chi connectivity index (χ4v) is 2.25. The van der Waals surface area contributed by atoms with Gasteiger partial charge in [-0.1, -0.05) is 42.0 Å². The molecular formula is C18H23NO2. The molecule has 0 heterocycles. The summed E-state index contributed by atoms with van der Waals surface area (Å²) in [5.41, 5.74) is 9.47. The molecular weight excluding hydrogens is 262 g/mol. The largest absolute Gasteiger partial charge is 0.484 e. The number of benzene rings is 2. The molecule has 3 heteroatoms. The van der Waals surface area contributed by atoms with Crippen LogP contribution in [0, 0.1) is 6.92 Å². The van der Waals surface area contributed by atoms with E-state index in [9.17, 15) is 0 Å². The number of aliphatic hydroxyl groups is 1. The Morgan fingerprint density at radius 3 is 2.19 bits per heavy atom. The van der Waals surface area contributed by atoms with Crippen molar-refractivity contribution < 1.29 is 9.84 Å². The third kappa shape index (κ3) is 4.31. The van der Waals surface area contributed by atoms with Crippen molar-refractivity contribution in [2.24, 2.45) is 5.73 Å². The lowest BCUT2D eigenvalue weighted by atomic mass is 10.0. The van der Waals surface area contributed by atoms with Gasteiger partial charge in [-0.25, -0.2) is 0 Å². The molecule has 0 saturated heterocycles. The molecule has 0 fully saturated rings. The highest BCUT2D eigenvalue weighted by Gasteiger charge is 2.18. The second-order valence-electron chi connectivity index (χ2n) is 5.43. The fraction of sp³-hybridized carbons (Fsp3) is 0.333. The molecule has 0 aliphatic heterocycles. The molecule has 3 N–H and O–H groups in total. The summed E-state index contributed by atoms with van der Waals surface area (Å²) in [5.74, 6) is 0.791. The zero-order chi connectivity index (χ0) is 15.2. The summed E-state index contributed by atoms with van der Waals surface area (Å²) in [6, 6.07) is 15.9. The Bertz CT molecular complexity index is 546. The van der Waals surface area contributed by atoms with Gasteiger partial charge < -0.3 is 15.6 Å². The maximum atomic E-state index is 8.93. The molecule has 0 amide bonds. The smallest absolute Gasteiger partial charge is 0.138 e. The lowest BCUT2D eigenvalue weighted by molar-refractivity contribution is 0.180. The first kappa shape index (κ1) is 15.5. The van der Waals surface area contributed by atoms with Crippen molar-refractivity contribution in [2.75, 3.05) is 6.61 Å². The quantitative estimate of drug-likeness (QED) is 0.858. The molecule has 0 radical (unpaired) electrons. The molecule has 0 aliphatic carbocycles. The molecule has 2 rings (SSSR count). The maximum Gasteiger partial charge on any atom is 0.138 e. The second kappa shape index (κ2) is 7.25. The minimum atomic E-state index is -0.172. The highest BCUT2D eigenvalue weighted by Crippen LogP contribution is 2.25. The van der Waals surface area contributed by atoms with Crippen LogP contribution in [0.15, 0.2) is 48.5 Å². The number of ether oxygens (including phenoxy) is 1. The van der Waals surface area contributed by atoms with Gasteiger partial charge in [0, 0.05) is 12.6 Å². The van der Waals surface area contributed by atoms with E-state index in [4.69, 9.17) is 15.6 Å². The summed E-state index contributed by atoms with van der Waals surface area (Å²) < 4.78 is 6.05. The summed E-state index contributed by atoms with van der Waals surface area (Å²) in [5, 5.41) is 8.93. The molecule has 2 atom stereocenters. The van der Waals surface area contributed by atoms with E-state index in [2.05, 4.69) is 31.2 Å². The number of hydrogen-bond acceptors (Lipinski definition) is 3. The van der Waals surface area contributed by atoms with Crippen molar-refractivity contribution in [2.45, 2.75) is 32.4 Å². The van der Waals surface area contributed by atoms with Gasteiger partial charge in [0.1, 0.15) is 11.9 Å². The normalized spacial score (nSPS) is 13.7. The number of nitrogens with two attached hydrogens (primary N) is 1. The summed E-state index contributed by atoms with van der Waals surface area (Å²) >= 11 is 0. The zero-order valence-corrected chi connectivity index (χ0v) is 12.6. The predicted molar refractivity (Wildman–Crippen MR) is 85.4 cm³/mol. The lowest BCUT2D eigenvalue weighted by Crippen LogP contribution is -2.29. The Morgan fingerprint density at radius 1 is 1.05 bits per heavy atom. The predicted octanol–water partition coefficient (Wildman–Crippen LogP) is 3.00. The van der Waals surface area contributed by atoms with Crippen LogP contribution in [0.1, 0.15) is 29.7 Å². The molecule has 112 valence electrons. The van der Waals surface area contributed by atoms with Crippen LogP contribution in [0.3, 0.4) is 0 Å². The summed E-state index contributed by atoms with van der Waals surface area (Å²) in [7, 11) is 0. The molecule has 0 bridgehead atoms. The van der Waals surface area contributed by atoms with Crippen molar-refractivity contribution in [3.63, 3.8) is 0 Å². The molecule has 2 aromatic carbocycles. The van der Waals surface area contributed by atoms with Crippen LogP contribution >= 0.6 is 0 Å². The molecule has 2 unspecified atom stereocenters. The molecule has 21 heavy (non-hydrogen) atoms. The maximum absolute atomic E-state index is 8.93. The molecule has 0 aromatic heterocycles. The van der Waals surface area contributed by atoms with E-state index in [1.807, 2.05) is 31.2 Å². The van der Waals surface area contributed by atoms with Crippen LogP contribution in [-0.4, -0.2) is 17.8 Å². The van der Waals surface area contributed by atoms with E-state index in [1.54, 1.807) is 0 Å². The highest BCUT2D eigenvalue weighted by molar-refractivity contribution is 5.30. The molecule has 0 aliphatic rings. The first-order valence-electron chi connectivity index (χ1n) is 7.29. The molecule has 0 saturated carbocycles. The van der Waals surface area contributed by atoms with Gasteiger partial charge in [0.05, 0.1) is 0 Å². The summed E-state index contributed by atoms with van der Waals surface area (Å²) in [6.07, 6.45) is 0.490. The Labute approximate surface area is 126 Å². The third-order valence-electron chi connectivity index (χ3n) is 3.47. The van der Waals surface area contributed by atoms with Crippen molar-refractivity contribution in [3.05, 3.63) is 65.2 Å². The Balaban J connectivity index is 2.14. The monoisotopic (exact) mass is 285 g/mol. The van der Waals surface area contributed by atoms with E-state index in [-0.39, 0.29) is 18.8 Å². The van der Waals surface area contributed by atoms with Gasteiger partial charge in [-0.05, 0) is 43.5 Å². The minimum Gasteiger partial charge on any atom is -0.484 e. The number of hydrogen-bond donors (Lipinski definition) is 2. The van der Waals surface area contributed by atoms with Crippen LogP contribution in [0.4, 0.5) is 0 Å². The first-order valence-corrected chi connectivity index (χ1v) is 7.29. The van der Waals surface area contributed by atoms with Crippen LogP contribution in [-0.2, 0) is 6.42 Å².